The molecule has 9 nitrogen and oxygen atoms in total. The van der Waals surface area contributed by atoms with Crippen molar-refractivity contribution in [1.29, 1.82) is 0 Å². The number of pyridine rings is 2. The van der Waals surface area contributed by atoms with Crippen molar-refractivity contribution in [3.05, 3.63) is 47.4 Å². The van der Waals surface area contributed by atoms with Crippen LogP contribution in [0.1, 0.15) is 74.1 Å². The second kappa shape index (κ2) is 9.13. The van der Waals surface area contributed by atoms with Crippen LogP contribution in [0, 0.1) is 0 Å². The molecule has 34 heavy (non-hydrogen) atoms. The maximum absolute atomic E-state index is 13.5. The van der Waals surface area contributed by atoms with Gasteiger partial charge in [0.05, 0.1) is 17.8 Å². The third-order valence-electron chi connectivity index (χ3n) is 7.18. The first kappa shape index (κ1) is 22.5. The van der Waals surface area contributed by atoms with Gasteiger partial charge in [-0.25, -0.2) is 9.97 Å². The molecule has 0 unspecified atom stereocenters. The Kier molecular flexibility index (Phi) is 6.03. The summed E-state index contributed by atoms with van der Waals surface area (Å²) < 4.78 is 2.08. The van der Waals surface area contributed by atoms with Crippen molar-refractivity contribution < 1.29 is 4.79 Å². The van der Waals surface area contributed by atoms with E-state index < -0.39 is 0 Å². The summed E-state index contributed by atoms with van der Waals surface area (Å²) in [6.07, 6.45) is 5.99. The zero-order valence-electron chi connectivity index (χ0n) is 20.1. The van der Waals surface area contributed by atoms with Crippen LogP contribution in [0.2, 0.25) is 0 Å². The number of carbonyl (C=O) groups is 1. The average Bonchev–Trinajstić information content (AvgIpc) is 3.59. The predicted octanol–water partition coefficient (Wildman–Crippen LogP) is 3.70. The molecule has 0 spiro atoms. The number of aromatic nitrogens is 5. The molecule has 3 aromatic rings. The first-order valence-electron chi connectivity index (χ1n) is 12.2. The molecule has 2 N–H and O–H groups in total. The van der Waals surface area contributed by atoms with Gasteiger partial charge in [0, 0.05) is 30.7 Å². The van der Waals surface area contributed by atoms with E-state index in [0.717, 1.165) is 49.3 Å². The van der Waals surface area contributed by atoms with Crippen molar-refractivity contribution in [3.63, 3.8) is 0 Å². The summed E-state index contributed by atoms with van der Waals surface area (Å²) in [5.74, 6) is 2.09. The van der Waals surface area contributed by atoms with Crippen LogP contribution < -0.4 is 15.5 Å². The van der Waals surface area contributed by atoms with Crippen LogP contribution in [-0.2, 0) is 13.1 Å². The molecule has 0 aliphatic carbocycles. The van der Waals surface area contributed by atoms with E-state index >= 15 is 0 Å². The van der Waals surface area contributed by atoms with E-state index in [-0.39, 0.29) is 5.91 Å². The predicted molar refractivity (Wildman–Crippen MR) is 132 cm³/mol. The van der Waals surface area contributed by atoms with Gasteiger partial charge in [-0.05, 0) is 50.8 Å². The first-order valence-corrected chi connectivity index (χ1v) is 12.2. The third-order valence-corrected chi connectivity index (χ3v) is 7.18. The largest absolute Gasteiger partial charge is 0.354 e. The number of hydrogen-bond donors (Lipinski definition) is 1. The van der Waals surface area contributed by atoms with Gasteiger partial charge >= 0.3 is 0 Å². The molecule has 0 saturated carbocycles. The third kappa shape index (κ3) is 3.73. The normalized spacial score (nSPS) is 17.8. The minimum atomic E-state index is -0.0636. The highest BCUT2D eigenvalue weighted by molar-refractivity contribution is 6.10. The van der Waals surface area contributed by atoms with E-state index in [1.54, 1.807) is 11.2 Å². The van der Waals surface area contributed by atoms with Crippen LogP contribution >= 0.6 is 0 Å². The number of rotatable bonds is 7. The number of anilines is 2. The Labute approximate surface area is 200 Å². The fraction of sp³-hybridized carbons (Fsp3) is 0.480. The molecule has 1 atom stereocenters. The monoisotopic (exact) mass is 460 g/mol. The zero-order valence-corrected chi connectivity index (χ0v) is 20.1. The van der Waals surface area contributed by atoms with Gasteiger partial charge in [0.15, 0.2) is 5.82 Å². The lowest BCUT2D eigenvalue weighted by Crippen LogP contribution is -2.28. The van der Waals surface area contributed by atoms with E-state index in [9.17, 15) is 4.79 Å². The van der Waals surface area contributed by atoms with Crippen LogP contribution in [0.25, 0.3) is 11.5 Å². The summed E-state index contributed by atoms with van der Waals surface area (Å²) in [6.45, 7) is 8.18. The van der Waals surface area contributed by atoms with E-state index in [1.165, 1.54) is 0 Å². The molecule has 178 valence electrons. The lowest BCUT2D eigenvalue weighted by Gasteiger charge is -2.23. The summed E-state index contributed by atoms with van der Waals surface area (Å²) in [7, 11) is 0. The summed E-state index contributed by atoms with van der Waals surface area (Å²) in [4.78, 5) is 27.2. The van der Waals surface area contributed by atoms with Crippen LogP contribution in [-0.4, -0.2) is 43.2 Å². The molecule has 3 aromatic heterocycles. The topological polar surface area (TPSA) is 106 Å². The van der Waals surface area contributed by atoms with Gasteiger partial charge in [-0.1, -0.05) is 19.9 Å². The summed E-state index contributed by atoms with van der Waals surface area (Å²) in [6, 6.07) is 8.35. The van der Waals surface area contributed by atoms with Crippen molar-refractivity contribution in [2.45, 2.75) is 71.6 Å². The molecule has 2 aliphatic heterocycles. The van der Waals surface area contributed by atoms with Gasteiger partial charge in [-0.3, -0.25) is 9.69 Å². The van der Waals surface area contributed by atoms with Crippen molar-refractivity contribution in [3.8, 4) is 11.5 Å². The van der Waals surface area contributed by atoms with Crippen LogP contribution in [0.5, 0.6) is 0 Å². The molecule has 1 saturated heterocycles. The minimum Gasteiger partial charge on any atom is -0.354 e. The summed E-state index contributed by atoms with van der Waals surface area (Å²) in [5, 5.41) is 8.47. The van der Waals surface area contributed by atoms with Crippen LogP contribution in [0.15, 0.2) is 30.6 Å². The molecule has 2 aliphatic rings. The van der Waals surface area contributed by atoms with Crippen molar-refractivity contribution >= 4 is 17.5 Å². The minimum absolute atomic E-state index is 0.0636. The van der Waals surface area contributed by atoms with Crippen molar-refractivity contribution in [1.82, 2.24) is 24.7 Å². The highest BCUT2D eigenvalue weighted by Crippen LogP contribution is 2.34. The molecular weight excluding hydrogens is 428 g/mol. The van der Waals surface area contributed by atoms with Gasteiger partial charge in [-0.2, -0.15) is 0 Å². The van der Waals surface area contributed by atoms with Gasteiger partial charge < -0.3 is 15.2 Å². The SMILES string of the molecule is CCC(CC)n1cnnc1-c1cccc(N2Cc3c(cc(N4CCC[C@H]4C)nc3CN)C2=O)n1. The second-order valence-electron chi connectivity index (χ2n) is 9.15. The summed E-state index contributed by atoms with van der Waals surface area (Å²) >= 11 is 0. The summed E-state index contributed by atoms with van der Waals surface area (Å²) in [5.41, 5.74) is 9.13. The number of nitrogens with two attached hydrogens (primary N) is 1. The van der Waals surface area contributed by atoms with E-state index in [0.29, 0.717) is 48.1 Å². The number of hydrogen-bond acceptors (Lipinski definition) is 7. The van der Waals surface area contributed by atoms with Crippen LogP contribution in [0.3, 0.4) is 0 Å². The van der Waals surface area contributed by atoms with Gasteiger partial charge in [0.25, 0.3) is 5.91 Å². The maximum Gasteiger partial charge on any atom is 0.260 e. The Morgan fingerprint density at radius 3 is 2.71 bits per heavy atom. The number of amides is 1. The molecule has 9 heteroatoms. The quantitative estimate of drug-likeness (QED) is 0.573. The highest BCUT2D eigenvalue weighted by Gasteiger charge is 2.34. The van der Waals surface area contributed by atoms with Gasteiger partial charge in [-0.15, -0.1) is 10.2 Å². The van der Waals surface area contributed by atoms with E-state index in [4.69, 9.17) is 15.7 Å². The Morgan fingerprint density at radius 2 is 2.00 bits per heavy atom. The van der Waals surface area contributed by atoms with Gasteiger partial charge in [0.2, 0.25) is 0 Å². The fourth-order valence-corrected chi connectivity index (χ4v) is 5.20. The molecule has 5 rings (SSSR count). The Hall–Kier alpha value is -3.33. The molecule has 1 amide bonds. The Morgan fingerprint density at radius 1 is 1.18 bits per heavy atom. The van der Waals surface area contributed by atoms with E-state index in [1.807, 2.05) is 24.3 Å². The lowest BCUT2D eigenvalue weighted by atomic mass is 10.1. The zero-order chi connectivity index (χ0) is 23.8. The highest BCUT2D eigenvalue weighted by atomic mass is 16.2. The first-order chi connectivity index (χ1) is 16.5. The molecular formula is C25H32N8O. The smallest absolute Gasteiger partial charge is 0.260 e. The molecule has 0 bridgehead atoms. The number of carbonyl (C=O) groups excluding carboxylic acids is 1. The standard InChI is InChI=1S/C25H32N8O/c1-4-17(5-2)33-15-27-30-24(33)20-9-6-10-22(28-20)32-14-19-18(25(32)34)12-23(29-21(19)13-26)31-11-7-8-16(31)3/h6,9-10,12,15-17H,4-5,7-8,11,13-14,26H2,1-3H3/t16-/m1/s1. The van der Waals surface area contributed by atoms with Crippen LogP contribution in [0.4, 0.5) is 11.6 Å². The molecule has 0 aromatic carbocycles. The maximum atomic E-state index is 13.5. The van der Waals surface area contributed by atoms with Gasteiger partial charge in [0.1, 0.15) is 23.7 Å². The molecule has 5 heterocycles. The number of nitrogens with zero attached hydrogens (tertiary/aromatic N) is 7. The number of fused-ring (bicyclic) bond motifs is 1. The van der Waals surface area contributed by atoms with E-state index in [2.05, 4.69) is 40.4 Å². The van der Waals surface area contributed by atoms with Crippen molar-refractivity contribution in [2.24, 2.45) is 5.73 Å². The average molecular weight is 461 g/mol. The Bertz CT molecular complexity index is 1200. The molecule has 0 radical (unpaired) electrons. The van der Waals surface area contributed by atoms with Crippen molar-refractivity contribution in [2.75, 3.05) is 16.3 Å². The molecule has 1 fully saturated rings. The lowest BCUT2D eigenvalue weighted by molar-refractivity contribution is 0.0996. The Balaban J connectivity index is 1.49. The fourth-order valence-electron chi connectivity index (χ4n) is 5.20. The second-order valence-corrected chi connectivity index (χ2v) is 9.15.